The molecule has 0 spiro atoms. The summed E-state index contributed by atoms with van der Waals surface area (Å²) in [5.41, 5.74) is 4.09. The molecule has 3 aromatic rings. The molecule has 3 rings (SSSR count). The zero-order valence-electron chi connectivity index (χ0n) is 12.8. The summed E-state index contributed by atoms with van der Waals surface area (Å²) in [4.78, 5) is 15.5. The second-order valence-electron chi connectivity index (χ2n) is 5.61. The van der Waals surface area contributed by atoms with E-state index in [0.717, 1.165) is 27.7 Å². The first-order valence-corrected chi connectivity index (χ1v) is 7.64. The van der Waals surface area contributed by atoms with Gasteiger partial charge in [-0.2, -0.15) is 0 Å². The highest BCUT2D eigenvalue weighted by atomic mass is 35.5. The predicted octanol–water partition coefficient (Wildman–Crippen LogP) is 4.76. The number of aromatic amines is 1. The van der Waals surface area contributed by atoms with Crippen LogP contribution in [0.25, 0.3) is 10.9 Å². The smallest absolute Gasteiger partial charge is 0.228 e. The van der Waals surface area contributed by atoms with Crippen LogP contribution in [0.2, 0.25) is 5.02 Å². The van der Waals surface area contributed by atoms with Crippen molar-refractivity contribution >= 4 is 34.1 Å². The van der Waals surface area contributed by atoms with Crippen molar-refractivity contribution < 1.29 is 9.18 Å². The summed E-state index contributed by atoms with van der Waals surface area (Å²) in [6.07, 6.45) is 0.167. The molecular weight excluding hydrogens is 315 g/mol. The van der Waals surface area contributed by atoms with E-state index in [1.165, 1.54) is 12.1 Å². The van der Waals surface area contributed by atoms with Crippen LogP contribution in [0.4, 0.5) is 10.1 Å². The molecule has 1 heterocycles. The Hall–Kier alpha value is -2.33. The number of fused-ring (bicyclic) bond motifs is 1. The van der Waals surface area contributed by atoms with Crippen LogP contribution < -0.4 is 5.32 Å². The van der Waals surface area contributed by atoms with Crippen molar-refractivity contribution in [2.45, 2.75) is 20.3 Å². The van der Waals surface area contributed by atoms with Crippen LogP contribution >= 0.6 is 11.6 Å². The third-order valence-corrected chi connectivity index (χ3v) is 4.28. The summed E-state index contributed by atoms with van der Waals surface area (Å²) in [5.74, 6) is -0.485. The summed E-state index contributed by atoms with van der Waals surface area (Å²) in [6.45, 7) is 3.78. The number of amides is 1. The third kappa shape index (κ3) is 3.22. The normalized spacial score (nSPS) is 11.0. The van der Waals surface area contributed by atoms with Crippen LogP contribution in [0.15, 0.2) is 36.4 Å². The highest BCUT2D eigenvalue weighted by Gasteiger charge is 2.13. The highest BCUT2D eigenvalue weighted by Crippen LogP contribution is 2.24. The van der Waals surface area contributed by atoms with Gasteiger partial charge >= 0.3 is 0 Å². The molecule has 0 aliphatic carbocycles. The van der Waals surface area contributed by atoms with Gasteiger partial charge in [0.15, 0.2) is 0 Å². The molecule has 0 saturated heterocycles. The first-order chi connectivity index (χ1) is 10.9. The average molecular weight is 331 g/mol. The van der Waals surface area contributed by atoms with Gasteiger partial charge in [0.05, 0.1) is 6.42 Å². The molecule has 1 amide bonds. The molecule has 0 aliphatic heterocycles. The van der Waals surface area contributed by atoms with Crippen molar-refractivity contribution in [3.63, 3.8) is 0 Å². The van der Waals surface area contributed by atoms with E-state index < -0.39 is 0 Å². The Labute approximate surface area is 138 Å². The van der Waals surface area contributed by atoms with Gasteiger partial charge in [0.2, 0.25) is 5.91 Å². The number of carbonyl (C=O) groups excluding carboxylic acids is 1. The monoisotopic (exact) mass is 330 g/mol. The Morgan fingerprint density at radius 3 is 2.74 bits per heavy atom. The molecule has 0 fully saturated rings. The van der Waals surface area contributed by atoms with Crippen molar-refractivity contribution in [3.8, 4) is 0 Å². The molecular formula is C18H16ClFN2O. The van der Waals surface area contributed by atoms with Gasteiger partial charge in [0.1, 0.15) is 5.82 Å². The lowest BCUT2D eigenvalue weighted by Gasteiger charge is -2.07. The van der Waals surface area contributed by atoms with E-state index in [0.29, 0.717) is 10.7 Å². The van der Waals surface area contributed by atoms with E-state index in [-0.39, 0.29) is 18.1 Å². The van der Waals surface area contributed by atoms with Crippen LogP contribution in [0, 0.1) is 19.7 Å². The van der Waals surface area contributed by atoms with Gasteiger partial charge < -0.3 is 10.3 Å². The molecule has 118 valence electrons. The summed E-state index contributed by atoms with van der Waals surface area (Å²) in [5, 5.41) is 4.16. The summed E-state index contributed by atoms with van der Waals surface area (Å²) < 4.78 is 13.5. The second-order valence-corrected chi connectivity index (χ2v) is 6.01. The number of aromatic nitrogens is 1. The number of H-pyrrole nitrogens is 1. The Morgan fingerprint density at radius 1 is 1.22 bits per heavy atom. The summed E-state index contributed by atoms with van der Waals surface area (Å²) >= 11 is 6.06. The SMILES string of the molecule is Cc1ccc(NC(=O)Cc2c(C)[nH]c3ccc(F)cc23)cc1Cl. The predicted molar refractivity (Wildman–Crippen MR) is 91.5 cm³/mol. The van der Waals surface area contributed by atoms with E-state index in [4.69, 9.17) is 11.6 Å². The zero-order chi connectivity index (χ0) is 16.6. The molecule has 0 saturated carbocycles. The maximum absolute atomic E-state index is 13.5. The maximum atomic E-state index is 13.5. The molecule has 0 radical (unpaired) electrons. The Bertz CT molecular complexity index is 901. The minimum Gasteiger partial charge on any atom is -0.358 e. The molecule has 0 aliphatic rings. The Morgan fingerprint density at radius 2 is 2.00 bits per heavy atom. The fourth-order valence-electron chi connectivity index (χ4n) is 2.62. The maximum Gasteiger partial charge on any atom is 0.228 e. The van der Waals surface area contributed by atoms with Crippen LogP contribution in [0.1, 0.15) is 16.8 Å². The molecule has 2 N–H and O–H groups in total. The number of anilines is 1. The zero-order valence-corrected chi connectivity index (χ0v) is 13.6. The third-order valence-electron chi connectivity index (χ3n) is 3.87. The average Bonchev–Trinajstić information content (AvgIpc) is 2.79. The molecule has 3 nitrogen and oxygen atoms in total. The number of carbonyl (C=O) groups is 1. The molecule has 2 aromatic carbocycles. The molecule has 0 bridgehead atoms. The lowest BCUT2D eigenvalue weighted by Crippen LogP contribution is -2.14. The molecule has 0 unspecified atom stereocenters. The molecule has 23 heavy (non-hydrogen) atoms. The van der Waals surface area contributed by atoms with Crippen molar-refractivity contribution in [2.24, 2.45) is 0 Å². The minimum absolute atomic E-state index is 0.167. The first kappa shape index (κ1) is 15.6. The van der Waals surface area contributed by atoms with Crippen LogP contribution in [0.3, 0.4) is 0 Å². The first-order valence-electron chi connectivity index (χ1n) is 7.27. The van der Waals surface area contributed by atoms with Crippen LogP contribution in [0.5, 0.6) is 0 Å². The number of hydrogen-bond donors (Lipinski definition) is 2. The minimum atomic E-state index is -0.316. The van der Waals surface area contributed by atoms with E-state index in [2.05, 4.69) is 10.3 Å². The van der Waals surface area contributed by atoms with Gasteiger partial charge in [-0.15, -0.1) is 0 Å². The van der Waals surface area contributed by atoms with Gasteiger partial charge in [-0.05, 0) is 55.3 Å². The number of rotatable bonds is 3. The fraction of sp³-hybridized carbons (Fsp3) is 0.167. The van der Waals surface area contributed by atoms with E-state index in [1.54, 1.807) is 18.2 Å². The fourth-order valence-corrected chi connectivity index (χ4v) is 2.80. The summed E-state index contributed by atoms with van der Waals surface area (Å²) in [7, 11) is 0. The number of halogens is 2. The number of benzene rings is 2. The van der Waals surface area contributed by atoms with Crippen molar-refractivity contribution in [1.82, 2.24) is 4.98 Å². The van der Waals surface area contributed by atoms with Gasteiger partial charge in [0, 0.05) is 27.3 Å². The standard InChI is InChI=1S/C18H16ClFN2O/c1-10-3-5-13(8-16(10)19)22-18(23)9-14-11(2)21-17-6-4-12(20)7-15(14)17/h3-8,21H,9H2,1-2H3,(H,22,23). The lowest BCUT2D eigenvalue weighted by atomic mass is 10.1. The van der Waals surface area contributed by atoms with Crippen LogP contribution in [-0.4, -0.2) is 10.9 Å². The van der Waals surface area contributed by atoms with Crippen LogP contribution in [-0.2, 0) is 11.2 Å². The quantitative estimate of drug-likeness (QED) is 0.714. The van der Waals surface area contributed by atoms with Crippen molar-refractivity contribution in [2.75, 3.05) is 5.32 Å². The van der Waals surface area contributed by atoms with Gasteiger partial charge in [-0.1, -0.05) is 17.7 Å². The Balaban J connectivity index is 1.84. The van der Waals surface area contributed by atoms with E-state index >= 15 is 0 Å². The van der Waals surface area contributed by atoms with E-state index in [1.807, 2.05) is 19.9 Å². The van der Waals surface area contributed by atoms with Crippen molar-refractivity contribution in [1.29, 1.82) is 0 Å². The molecule has 5 heteroatoms. The van der Waals surface area contributed by atoms with Gasteiger partial charge in [0.25, 0.3) is 0 Å². The molecule has 1 aromatic heterocycles. The van der Waals surface area contributed by atoms with E-state index in [9.17, 15) is 9.18 Å². The highest BCUT2D eigenvalue weighted by molar-refractivity contribution is 6.31. The molecule has 0 atom stereocenters. The number of hydrogen-bond acceptors (Lipinski definition) is 1. The lowest BCUT2D eigenvalue weighted by molar-refractivity contribution is -0.115. The van der Waals surface area contributed by atoms with Crippen molar-refractivity contribution in [3.05, 3.63) is 64.1 Å². The van der Waals surface area contributed by atoms with Gasteiger partial charge in [-0.25, -0.2) is 4.39 Å². The second kappa shape index (κ2) is 6.05. The summed E-state index contributed by atoms with van der Waals surface area (Å²) in [6, 6.07) is 9.90. The van der Waals surface area contributed by atoms with Gasteiger partial charge in [-0.3, -0.25) is 4.79 Å². The topological polar surface area (TPSA) is 44.9 Å². The largest absolute Gasteiger partial charge is 0.358 e. The number of aryl methyl sites for hydroxylation is 2. The number of nitrogens with one attached hydrogen (secondary N) is 2. The Kier molecular flexibility index (Phi) is 4.09.